The van der Waals surface area contributed by atoms with Crippen molar-refractivity contribution in [1.29, 1.82) is 0 Å². The monoisotopic (exact) mass is 411 g/mol. The van der Waals surface area contributed by atoms with Gasteiger partial charge in [0.1, 0.15) is 0 Å². The van der Waals surface area contributed by atoms with E-state index in [1.54, 1.807) is 4.52 Å². The van der Waals surface area contributed by atoms with Crippen LogP contribution in [0.5, 0.6) is 0 Å². The number of carbonyl (C=O) groups excluding carboxylic acids is 1. The minimum Gasteiger partial charge on any atom is -0.376 e. The van der Waals surface area contributed by atoms with Crippen LogP contribution in [0.3, 0.4) is 0 Å². The molecule has 1 N–H and O–H groups in total. The van der Waals surface area contributed by atoms with Crippen molar-refractivity contribution >= 4 is 23.4 Å². The predicted molar refractivity (Wildman–Crippen MR) is 112 cm³/mol. The smallest absolute Gasteiger partial charge is 0.253 e. The molecule has 4 rings (SSSR count). The van der Waals surface area contributed by atoms with Gasteiger partial charge in [-0.05, 0) is 37.8 Å². The Labute approximate surface area is 174 Å². The second-order valence-corrected chi connectivity index (χ2v) is 8.20. The third kappa shape index (κ3) is 4.76. The third-order valence-electron chi connectivity index (χ3n) is 5.14. The van der Waals surface area contributed by atoms with Crippen LogP contribution in [0.4, 0.5) is 0 Å². The molecule has 2 aromatic heterocycles. The number of nitrogens with zero attached hydrogens (tertiary/aromatic N) is 4. The molecule has 0 radical (unpaired) electrons. The Hall–Kier alpha value is -2.45. The summed E-state index contributed by atoms with van der Waals surface area (Å²) in [4.78, 5) is 21.2. The number of fused-ring (bicyclic) bond motifs is 1. The minimum absolute atomic E-state index is 0.0324. The maximum Gasteiger partial charge on any atom is 0.253 e. The van der Waals surface area contributed by atoms with Crippen LogP contribution in [-0.4, -0.2) is 50.5 Å². The lowest BCUT2D eigenvalue weighted by Gasteiger charge is -2.10. The van der Waals surface area contributed by atoms with E-state index in [1.165, 1.54) is 17.3 Å². The average molecular weight is 412 g/mol. The summed E-state index contributed by atoms with van der Waals surface area (Å²) in [5.74, 6) is 0.812. The van der Waals surface area contributed by atoms with Crippen molar-refractivity contribution in [2.75, 3.05) is 18.9 Å². The molecular formula is C21H25N5O2S. The lowest BCUT2D eigenvalue weighted by atomic mass is 10.0. The van der Waals surface area contributed by atoms with E-state index in [0.717, 1.165) is 42.8 Å². The van der Waals surface area contributed by atoms with Gasteiger partial charge in [-0.2, -0.15) is 4.98 Å². The molecule has 1 aliphatic rings. The van der Waals surface area contributed by atoms with Gasteiger partial charge in [0.15, 0.2) is 0 Å². The number of nitrogens with one attached hydrogen (secondary N) is 1. The second kappa shape index (κ2) is 8.92. The Kier molecular flexibility index (Phi) is 6.10. The number of amides is 1. The van der Waals surface area contributed by atoms with Crippen LogP contribution in [-0.2, 0) is 16.0 Å². The highest BCUT2D eigenvalue weighted by molar-refractivity contribution is 7.99. The largest absolute Gasteiger partial charge is 0.376 e. The Morgan fingerprint density at radius 2 is 2.10 bits per heavy atom. The van der Waals surface area contributed by atoms with E-state index < -0.39 is 0 Å². The van der Waals surface area contributed by atoms with Crippen LogP contribution in [0.15, 0.2) is 35.5 Å². The summed E-state index contributed by atoms with van der Waals surface area (Å²) in [6.07, 6.45) is 3.03. The molecule has 0 bridgehead atoms. The molecule has 1 amide bonds. The molecule has 0 saturated carbocycles. The number of ether oxygens (including phenoxy) is 1. The van der Waals surface area contributed by atoms with Crippen molar-refractivity contribution in [3.05, 3.63) is 52.8 Å². The van der Waals surface area contributed by atoms with Crippen molar-refractivity contribution in [2.45, 2.75) is 44.4 Å². The maximum absolute atomic E-state index is 12.1. The van der Waals surface area contributed by atoms with Crippen LogP contribution in [0.1, 0.15) is 35.4 Å². The second-order valence-electron chi connectivity index (χ2n) is 7.26. The third-order valence-corrected chi connectivity index (χ3v) is 5.97. The molecule has 8 heteroatoms. The number of benzene rings is 1. The van der Waals surface area contributed by atoms with Crippen molar-refractivity contribution in [2.24, 2.45) is 0 Å². The number of carbonyl (C=O) groups is 1. The molecule has 1 fully saturated rings. The highest BCUT2D eigenvalue weighted by Crippen LogP contribution is 2.20. The fraction of sp³-hybridized carbons (Fsp3) is 0.429. The molecule has 1 aliphatic heterocycles. The zero-order valence-electron chi connectivity index (χ0n) is 16.7. The highest BCUT2D eigenvalue weighted by atomic mass is 32.2. The Morgan fingerprint density at radius 3 is 2.86 bits per heavy atom. The summed E-state index contributed by atoms with van der Waals surface area (Å²) >= 11 is 1.33. The van der Waals surface area contributed by atoms with Gasteiger partial charge in [-0.25, -0.2) is 9.50 Å². The first-order chi connectivity index (χ1) is 14.1. The average Bonchev–Trinajstić information content (AvgIpc) is 3.38. The predicted octanol–water partition coefficient (Wildman–Crippen LogP) is 2.72. The number of aryl methyl sites for hydroxylation is 2. The van der Waals surface area contributed by atoms with Gasteiger partial charge in [0.2, 0.25) is 11.1 Å². The first-order valence-corrected chi connectivity index (χ1v) is 10.9. The molecule has 3 aromatic rings. The van der Waals surface area contributed by atoms with Crippen LogP contribution in [0, 0.1) is 13.8 Å². The Balaban J connectivity index is 1.43. The van der Waals surface area contributed by atoms with E-state index in [9.17, 15) is 4.79 Å². The molecule has 0 aliphatic carbocycles. The lowest BCUT2D eigenvalue weighted by molar-refractivity contribution is -0.119. The van der Waals surface area contributed by atoms with Crippen molar-refractivity contribution in [3.63, 3.8) is 0 Å². The van der Waals surface area contributed by atoms with Crippen LogP contribution >= 0.6 is 11.8 Å². The molecule has 1 atom stereocenters. The number of hydrogen-bond acceptors (Lipinski definition) is 6. The first kappa shape index (κ1) is 19.8. The van der Waals surface area contributed by atoms with E-state index in [2.05, 4.69) is 32.5 Å². The van der Waals surface area contributed by atoms with E-state index in [1.807, 2.05) is 32.0 Å². The van der Waals surface area contributed by atoms with E-state index in [-0.39, 0.29) is 17.8 Å². The van der Waals surface area contributed by atoms with Crippen molar-refractivity contribution in [1.82, 2.24) is 24.9 Å². The van der Waals surface area contributed by atoms with Gasteiger partial charge in [0, 0.05) is 31.0 Å². The summed E-state index contributed by atoms with van der Waals surface area (Å²) in [5, 5.41) is 8.05. The van der Waals surface area contributed by atoms with Crippen molar-refractivity contribution in [3.8, 4) is 0 Å². The number of rotatable bonds is 7. The molecule has 1 aromatic carbocycles. The zero-order chi connectivity index (χ0) is 20.2. The summed E-state index contributed by atoms with van der Waals surface area (Å²) in [5.41, 5.74) is 4.37. The fourth-order valence-corrected chi connectivity index (χ4v) is 4.17. The van der Waals surface area contributed by atoms with E-state index in [4.69, 9.17) is 4.74 Å². The summed E-state index contributed by atoms with van der Waals surface area (Å²) in [7, 11) is 0. The number of aromatic nitrogens is 4. The molecule has 0 spiro atoms. The summed E-state index contributed by atoms with van der Waals surface area (Å²) in [6.45, 7) is 5.40. The Bertz CT molecular complexity index is 999. The van der Waals surface area contributed by atoms with Gasteiger partial charge < -0.3 is 10.1 Å². The van der Waals surface area contributed by atoms with E-state index >= 15 is 0 Å². The molecule has 3 heterocycles. The lowest BCUT2D eigenvalue weighted by Crippen LogP contribution is -2.32. The molecule has 1 saturated heterocycles. The normalized spacial score (nSPS) is 16.4. The SMILES string of the molecule is Cc1nc2nc(SCC(=O)NC[C@@H]3CCCO3)nn2c(C)c1Cc1ccccc1. The van der Waals surface area contributed by atoms with Gasteiger partial charge >= 0.3 is 0 Å². The fourth-order valence-electron chi connectivity index (χ4n) is 3.52. The van der Waals surface area contributed by atoms with Gasteiger partial charge in [-0.3, -0.25) is 4.79 Å². The first-order valence-electron chi connectivity index (χ1n) is 9.88. The van der Waals surface area contributed by atoms with Gasteiger partial charge in [0.25, 0.3) is 5.78 Å². The molecule has 29 heavy (non-hydrogen) atoms. The zero-order valence-corrected chi connectivity index (χ0v) is 17.5. The van der Waals surface area contributed by atoms with Gasteiger partial charge in [0.05, 0.1) is 11.9 Å². The van der Waals surface area contributed by atoms with E-state index in [0.29, 0.717) is 17.5 Å². The molecule has 152 valence electrons. The minimum atomic E-state index is -0.0324. The van der Waals surface area contributed by atoms with Crippen LogP contribution < -0.4 is 5.32 Å². The highest BCUT2D eigenvalue weighted by Gasteiger charge is 2.17. The Morgan fingerprint density at radius 1 is 1.28 bits per heavy atom. The molecular weight excluding hydrogens is 386 g/mol. The maximum atomic E-state index is 12.1. The standard InChI is InChI=1S/C21H25N5O2S/c1-14-18(11-16-7-4-3-5-8-16)15(2)26-20(23-14)24-21(25-26)29-13-19(27)22-12-17-9-6-10-28-17/h3-5,7-8,17H,6,9-13H2,1-2H3,(H,22,27)/t17-/m0/s1. The molecule has 0 unspecified atom stereocenters. The van der Waals surface area contributed by atoms with Gasteiger partial charge in [-0.15, -0.1) is 5.10 Å². The number of hydrogen-bond donors (Lipinski definition) is 1. The molecule has 7 nitrogen and oxygen atoms in total. The number of thioether (sulfide) groups is 1. The summed E-state index contributed by atoms with van der Waals surface area (Å²) in [6, 6.07) is 10.3. The topological polar surface area (TPSA) is 81.4 Å². The van der Waals surface area contributed by atoms with Crippen molar-refractivity contribution < 1.29 is 9.53 Å². The van der Waals surface area contributed by atoms with Gasteiger partial charge in [-0.1, -0.05) is 42.1 Å². The quantitative estimate of drug-likeness (QED) is 0.602. The van der Waals surface area contributed by atoms with Crippen LogP contribution in [0.2, 0.25) is 0 Å². The van der Waals surface area contributed by atoms with Crippen LogP contribution in [0.25, 0.3) is 5.78 Å². The summed E-state index contributed by atoms with van der Waals surface area (Å²) < 4.78 is 7.30.